The number of rotatable bonds is 1. The van der Waals surface area contributed by atoms with Crippen LogP contribution in [0.4, 0.5) is 4.39 Å². The monoisotopic (exact) mass is 204 g/mol. The first kappa shape index (κ1) is 9.90. The third-order valence-corrected chi connectivity index (χ3v) is 2.50. The van der Waals surface area contributed by atoms with Crippen LogP contribution in [-0.2, 0) is 7.05 Å². The van der Waals surface area contributed by atoms with Gasteiger partial charge in [0, 0.05) is 18.8 Å². The Bertz CT molecular complexity index is 500. The highest BCUT2D eigenvalue weighted by Gasteiger charge is 2.07. The van der Waals surface area contributed by atoms with E-state index in [0.29, 0.717) is 5.56 Å². The van der Waals surface area contributed by atoms with Gasteiger partial charge in [-0.1, -0.05) is 12.1 Å². The third-order valence-electron chi connectivity index (χ3n) is 2.50. The number of hydrogen-bond donors (Lipinski definition) is 0. The van der Waals surface area contributed by atoms with E-state index < -0.39 is 0 Å². The second-order valence-corrected chi connectivity index (χ2v) is 3.77. The smallest absolute Gasteiger partial charge is 0.126 e. The van der Waals surface area contributed by atoms with Crippen molar-refractivity contribution in [2.75, 3.05) is 0 Å². The van der Waals surface area contributed by atoms with Crippen LogP contribution in [0, 0.1) is 19.7 Å². The zero-order chi connectivity index (χ0) is 11.0. The molecular formula is C12H13FN2. The molecule has 0 N–H and O–H groups in total. The quantitative estimate of drug-likeness (QED) is 0.698. The summed E-state index contributed by atoms with van der Waals surface area (Å²) in [6, 6.07) is 5.26. The van der Waals surface area contributed by atoms with Gasteiger partial charge in [0.25, 0.3) is 0 Å². The lowest BCUT2D eigenvalue weighted by Crippen LogP contribution is -1.86. The van der Waals surface area contributed by atoms with E-state index in [1.54, 1.807) is 23.7 Å². The summed E-state index contributed by atoms with van der Waals surface area (Å²) in [6.07, 6.45) is 1.90. The largest absolute Gasteiger partial charge is 0.275 e. The number of nitrogens with zero attached hydrogens (tertiary/aromatic N) is 2. The van der Waals surface area contributed by atoms with Gasteiger partial charge in [0.05, 0.1) is 5.69 Å². The second-order valence-electron chi connectivity index (χ2n) is 3.77. The number of benzene rings is 1. The molecular weight excluding hydrogens is 191 g/mol. The lowest BCUT2D eigenvalue weighted by Gasteiger charge is -2.01. The van der Waals surface area contributed by atoms with Crippen molar-refractivity contribution in [3.05, 3.63) is 41.5 Å². The molecule has 0 bridgehead atoms. The van der Waals surface area contributed by atoms with Crippen LogP contribution in [0.3, 0.4) is 0 Å². The van der Waals surface area contributed by atoms with E-state index in [1.807, 2.05) is 26.2 Å². The van der Waals surface area contributed by atoms with Gasteiger partial charge in [-0.3, -0.25) is 4.68 Å². The molecule has 2 nitrogen and oxygen atoms in total. The summed E-state index contributed by atoms with van der Waals surface area (Å²) in [5.41, 5.74) is 3.45. The highest BCUT2D eigenvalue weighted by atomic mass is 19.1. The molecule has 1 heterocycles. The van der Waals surface area contributed by atoms with Gasteiger partial charge in [0.1, 0.15) is 5.82 Å². The molecule has 0 amide bonds. The first-order valence-corrected chi connectivity index (χ1v) is 4.84. The zero-order valence-electron chi connectivity index (χ0n) is 9.08. The molecule has 0 saturated heterocycles. The Morgan fingerprint density at radius 2 is 2.00 bits per heavy atom. The number of aryl methyl sites for hydroxylation is 3. The van der Waals surface area contributed by atoms with E-state index in [-0.39, 0.29) is 5.82 Å². The van der Waals surface area contributed by atoms with Gasteiger partial charge < -0.3 is 0 Å². The molecule has 0 fully saturated rings. The summed E-state index contributed by atoms with van der Waals surface area (Å²) in [5.74, 6) is -0.171. The average Bonchev–Trinajstić information content (AvgIpc) is 2.50. The Labute approximate surface area is 88.4 Å². The van der Waals surface area contributed by atoms with Gasteiger partial charge in [0.15, 0.2) is 0 Å². The predicted molar refractivity (Wildman–Crippen MR) is 58.1 cm³/mol. The van der Waals surface area contributed by atoms with Crippen LogP contribution in [0.25, 0.3) is 11.1 Å². The van der Waals surface area contributed by atoms with Crippen LogP contribution in [0.2, 0.25) is 0 Å². The van der Waals surface area contributed by atoms with Crippen molar-refractivity contribution in [3.63, 3.8) is 0 Å². The minimum Gasteiger partial charge on any atom is -0.275 e. The summed E-state index contributed by atoms with van der Waals surface area (Å²) in [6.45, 7) is 3.68. The lowest BCUT2D eigenvalue weighted by molar-refractivity contribution is 0.619. The Hall–Kier alpha value is -1.64. The molecule has 1 aromatic heterocycles. The molecule has 0 aliphatic rings. The predicted octanol–water partition coefficient (Wildman–Crippen LogP) is 2.84. The fourth-order valence-electron chi connectivity index (χ4n) is 1.64. The minimum absolute atomic E-state index is 0.171. The van der Waals surface area contributed by atoms with Crippen LogP contribution in [0.5, 0.6) is 0 Å². The SMILES string of the molecule is Cc1ccc(-c2cn(C)nc2C)cc1F. The number of hydrogen-bond acceptors (Lipinski definition) is 1. The maximum atomic E-state index is 13.4. The first-order chi connectivity index (χ1) is 7.08. The Morgan fingerprint density at radius 3 is 2.53 bits per heavy atom. The Morgan fingerprint density at radius 1 is 1.27 bits per heavy atom. The molecule has 3 heteroatoms. The maximum Gasteiger partial charge on any atom is 0.126 e. The first-order valence-electron chi connectivity index (χ1n) is 4.84. The highest BCUT2D eigenvalue weighted by Crippen LogP contribution is 2.23. The molecule has 1 aromatic carbocycles. The van der Waals surface area contributed by atoms with Crippen molar-refractivity contribution in [1.82, 2.24) is 9.78 Å². The van der Waals surface area contributed by atoms with Crippen molar-refractivity contribution >= 4 is 0 Å². The molecule has 0 aliphatic heterocycles. The van der Waals surface area contributed by atoms with Crippen LogP contribution in [0.1, 0.15) is 11.3 Å². The Kier molecular flexibility index (Phi) is 2.31. The zero-order valence-corrected chi connectivity index (χ0v) is 9.08. The van der Waals surface area contributed by atoms with E-state index >= 15 is 0 Å². The minimum atomic E-state index is -0.171. The summed E-state index contributed by atoms with van der Waals surface area (Å²) < 4.78 is 15.1. The van der Waals surface area contributed by atoms with E-state index in [9.17, 15) is 4.39 Å². The standard InChI is InChI=1S/C12H13FN2/c1-8-4-5-10(6-12(8)13)11-7-15(3)14-9(11)2/h4-7H,1-3H3. The molecule has 2 aromatic rings. The topological polar surface area (TPSA) is 17.8 Å². The van der Waals surface area contributed by atoms with Crippen molar-refractivity contribution in [1.29, 1.82) is 0 Å². The van der Waals surface area contributed by atoms with Gasteiger partial charge in [-0.05, 0) is 31.0 Å². The fraction of sp³-hybridized carbons (Fsp3) is 0.250. The molecule has 0 radical (unpaired) electrons. The van der Waals surface area contributed by atoms with Crippen LogP contribution in [-0.4, -0.2) is 9.78 Å². The van der Waals surface area contributed by atoms with E-state index in [2.05, 4.69) is 5.10 Å². The highest BCUT2D eigenvalue weighted by molar-refractivity contribution is 5.65. The van der Waals surface area contributed by atoms with Gasteiger partial charge in [0.2, 0.25) is 0 Å². The van der Waals surface area contributed by atoms with Crippen molar-refractivity contribution in [3.8, 4) is 11.1 Å². The van der Waals surface area contributed by atoms with Crippen molar-refractivity contribution < 1.29 is 4.39 Å². The van der Waals surface area contributed by atoms with Crippen molar-refractivity contribution in [2.24, 2.45) is 7.05 Å². The van der Waals surface area contributed by atoms with Crippen molar-refractivity contribution in [2.45, 2.75) is 13.8 Å². The van der Waals surface area contributed by atoms with Gasteiger partial charge in [-0.2, -0.15) is 5.10 Å². The van der Waals surface area contributed by atoms with Gasteiger partial charge >= 0.3 is 0 Å². The van der Waals surface area contributed by atoms with Gasteiger partial charge in [-0.15, -0.1) is 0 Å². The normalized spacial score (nSPS) is 10.7. The number of halogens is 1. The molecule has 0 unspecified atom stereocenters. The van der Waals surface area contributed by atoms with Crippen LogP contribution >= 0.6 is 0 Å². The van der Waals surface area contributed by atoms with E-state index in [1.165, 1.54) is 0 Å². The third kappa shape index (κ3) is 1.77. The van der Waals surface area contributed by atoms with Crippen LogP contribution in [0.15, 0.2) is 24.4 Å². The molecule has 0 aliphatic carbocycles. The van der Waals surface area contributed by atoms with E-state index in [0.717, 1.165) is 16.8 Å². The van der Waals surface area contributed by atoms with E-state index in [4.69, 9.17) is 0 Å². The summed E-state index contributed by atoms with van der Waals surface area (Å²) >= 11 is 0. The molecule has 0 saturated carbocycles. The summed E-state index contributed by atoms with van der Waals surface area (Å²) in [5, 5.41) is 4.23. The fourth-order valence-corrected chi connectivity index (χ4v) is 1.64. The second kappa shape index (κ2) is 3.50. The molecule has 15 heavy (non-hydrogen) atoms. The van der Waals surface area contributed by atoms with Gasteiger partial charge in [-0.25, -0.2) is 4.39 Å². The molecule has 0 atom stereocenters. The summed E-state index contributed by atoms with van der Waals surface area (Å²) in [4.78, 5) is 0. The molecule has 78 valence electrons. The molecule has 2 rings (SSSR count). The maximum absolute atomic E-state index is 13.4. The Balaban J connectivity index is 2.54. The summed E-state index contributed by atoms with van der Waals surface area (Å²) in [7, 11) is 1.86. The lowest BCUT2D eigenvalue weighted by atomic mass is 10.1. The van der Waals surface area contributed by atoms with Crippen LogP contribution < -0.4 is 0 Å². The average molecular weight is 204 g/mol. The molecule has 0 spiro atoms. The number of aromatic nitrogens is 2.